The van der Waals surface area contributed by atoms with Gasteiger partial charge in [0.25, 0.3) is 0 Å². The topological polar surface area (TPSA) is 0 Å². The number of rotatable bonds is 0. The third-order valence-electron chi connectivity index (χ3n) is 6.46. The van der Waals surface area contributed by atoms with E-state index >= 15 is 0 Å². The lowest BCUT2D eigenvalue weighted by Gasteiger charge is -2.41. The molecule has 3 aliphatic rings. The first-order valence-electron chi connectivity index (χ1n) is 7.62. The molecule has 3 saturated carbocycles. The van der Waals surface area contributed by atoms with Crippen molar-refractivity contribution < 1.29 is 0 Å². The summed E-state index contributed by atoms with van der Waals surface area (Å²) in [5.74, 6) is 5.33. The van der Waals surface area contributed by atoms with E-state index in [1.54, 1.807) is 12.8 Å². The molecule has 0 aromatic heterocycles. The van der Waals surface area contributed by atoms with Crippen LogP contribution < -0.4 is 0 Å². The zero-order valence-electron chi connectivity index (χ0n) is 11.3. The smallest absolute Gasteiger partial charge is 0.0661 e. The Balaban J connectivity index is 1.94. The highest BCUT2D eigenvalue weighted by Crippen LogP contribution is 2.65. The highest BCUT2D eigenvalue weighted by atomic mass is 14.6. The number of fused-ring (bicyclic) bond motifs is 3. The standard InChI is InChI=1S/C15H27B/c1-15(2)12-8-4-3-6-10(12)11-7-5-9-13(16)14(11)15/h10-14H,3-9,16H2,1-2H3. The van der Waals surface area contributed by atoms with Crippen molar-refractivity contribution in [2.75, 3.05) is 0 Å². The van der Waals surface area contributed by atoms with Crippen LogP contribution in [0.4, 0.5) is 0 Å². The second kappa shape index (κ2) is 3.78. The predicted octanol–water partition coefficient (Wildman–Crippen LogP) is 3.67. The van der Waals surface area contributed by atoms with Crippen LogP contribution in [0.1, 0.15) is 58.8 Å². The molecule has 1 heteroatoms. The van der Waals surface area contributed by atoms with Crippen LogP contribution >= 0.6 is 0 Å². The van der Waals surface area contributed by atoms with E-state index in [4.69, 9.17) is 0 Å². The van der Waals surface area contributed by atoms with Crippen molar-refractivity contribution in [1.29, 1.82) is 0 Å². The Kier molecular flexibility index (Phi) is 2.64. The lowest BCUT2D eigenvalue weighted by Crippen LogP contribution is -2.32. The Morgan fingerprint density at radius 1 is 0.875 bits per heavy atom. The maximum absolute atomic E-state index is 2.60. The van der Waals surface area contributed by atoms with Gasteiger partial charge in [-0.3, -0.25) is 0 Å². The maximum atomic E-state index is 2.60. The molecule has 90 valence electrons. The first kappa shape index (κ1) is 11.2. The molecular weight excluding hydrogens is 191 g/mol. The minimum absolute atomic E-state index is 0.648. The predicted molar refractivity (Wildman–Crippen MR) is 72.4 cm³/mol. The molecule has 0 nitrogen and oxygen atoms in total. The van der Waals surface area contributed by atoms with Gasteiger partial charge in [-0.15, -0.1) is 0 Å². The Hall–Kier alpha value is 0.0649. The zero-order chi connectivity index (χ0) is 11.3. The summed E-state index contributed by atoms with van der Waals surface area (Å²) >= 11 is 0. The quantitative estimate of drug-likeness (QED) is 0.544. The molecule has 0 spiro atoms. The maximum Gasteiger partial charge on any atom is 0.105 e. The summed E-state index contributed by atoms with van der Waals surface area (Å²) in [5.41, 5.74) is 0.648. The highest BCUT2D eigenvalue weighted by molar-refractivity contribution is 6.12. The summed E-state index contributed by atoms with van der Waals surface area (Å²) < 4.78 is 0. The van der Waals surface area contributed by atoms with E-state index in [2.05, 4.69) is 21.7 Å². The molecule has 0 aromatic carbocycles. The van der Waals surface area contributed by atoms with E-state index in [1.807, 2.05) is 0 Å². The molecule has 0 radical (unpaired) electrons. The molecule has 0 heterocycles. The van der Waals surface area contributed by atoms with Gasteiger partial charge in [-0.1, -0.05) is 45.3 Å². The Morgan fingerprint density at radius 3 is 2.38 bits per heavy atom. The fourth-order valence-electron chi connectivity index (χ4n) is 6.07. The van der Waals surface area contributed by atoms with E-state index in [0.29, 0.717) is 5.41 Å². The van der Waals surface area contributed by atoms with Gasteiger partial charge in [0.2, 0.25) is 0 Å². The number of hydrogen-bond acceptors (Lipinski definition) is 0. The lowest BCUT2D eigenvalue weighted by atomic mass is 9.57. The molecule has 16 heavy (non-hydrogen) atoms. The van der Waals surface area contributed by atoms with Crippen molar-refractivity contribution in [3.8, 4) is 0 Å². The molecule has 0 saturated heterocycles. The van der Waals surface area contributed by atoms with Gasteiger partial charge in [0.05, 0.1) is 0 Å². The summed E-state index contributed by atoms with van der Waals surface area (Å²) in [5, 5.41) is 0. The van der Waals surface area contributed by atoms with Gasteiger partial charge in [-0.2, -0.15) is 0 Å². The van der Waals surface area contributed by atoms with Crippen LogP contribution in [-0.2, 0) is 0 Å². The summed E-state index contributed by atoms with van der Waals surface area (Å²) in [7, 11) is 2.54. The third-order valence-corrected chi connectivity index (χ3v) is 6.46. The summed E-state index contributed by atoms with van der Waals surface area (Å²) in [6.07, 6.45) is 10.7. The minimum atomic E-state index is 0.648. The molecule has 3 rings (SSSR count). The summed E-state index contributed by atoms with van der Waals surface area (Å²) in [6.45, 7) is 5.20. The highest BCUT2D eigenvalue weighted by Gasteiger charge is 2.56. The van der Waals surface area contributed by atoms with Gasteiger partial charge in [-0.25, -0.2) is 0 Å². The molecule has 0 N–H and O–H groups in total. The average Bonchev–Trinajstić information content (AvgIpc) is 2.50. The van der Waals surface area contributed by atoms with E-state index < -0.39 is 0 Å². The third kappa shape index (κ3) is 1.42. The first-order valence-corrected chi connectivity index (χ1v) is 7.62. The van der Waals surface area contributed by atoms with Gasteiger partial charge in [0.15, 0.2) is 0 Å². The second-order valence-corrected chi connectivity index (χ2v) is 7.47. The fourth-order valence-corrected chi connectivity index (χ4v) is 6.07. The molecule has 3 aliphatic carbocycles. The van der Waals surface area contributed by atoms with Crippen LogP contribution in [0.25, 0.3) is 0 Å². The van der Waals surface area contributed by atoms with Gasteiger partial charge in [0, 0.05) is 0 Å². The molecule has 0 aliphatic heterocycles. The average molecular weight is 218 g/mol. The van der Waals surface area contributed by atoms with Crippen molar-refractivity contribution >= 4 is 7.85 Å². The van der Waals surface area contributed by atoms with Crippen LogP contribution in [0.3, 0.4) is 0 Å². The Morgan fingerprint density at radius 2 is 1.56 bits per heavy atom. The SMILES string of the molecule is BC1CCCC2C3CCCCC3C(C)(C)C12. The van der Waals surface area contributed by atoms with E-state index in [-0.39, 0.29) is 0 Å². The minimum Gasteiger partial charge on any atom is -0.0661 e. The summed E-state index contributed by atoms with van der Waals surface area (Å²) in [6, 6.07) is 0. The molecule has 0 bridgehead atoms. The fraction of sp³-hybridized carbons (Fsp3) is 1.00. The lowest BCUT2D eigenvalue weighted by molar-refractivity contribution is 0.125. The van der Waals surface area contributed by atoms with Crippen LogP contribution in [0.2, 0.25) is 5.82 Å². The van der Waals surface area contributed by atoms with Crippen LogP contribution in [-0.4, -0.2) is 7.85 Å². The summed E-state index contributed by atoms with van der Waals surface area (Å²) in [4.78, 5) is 0. The van der Waals surface area contributed by atoms with Gasteiger partial charge >= 0.3 is 0 Å². The van der Waals surface area contributed by atoms with Gasteiger partial charge in [-0.05, 0) is 48.3 Å². The largest absolute Gasteiger partial charge is 0.105 e. The van der Waals surface area contributed by atoms with Gasteiger partial charge in [0.1, 0.15) is 7.85 Å². The normalized spacial score (nSPS) is 50.8. The van der Waals surface area contributed by atoms with Crippen molar-refractivity contribution in [3.05, 3.63) is 0 Å². The Labute approximate surface area is 102 Å². The van der Waals surface area contributed by atoms with Crippen molar-refractivity contribution in [2.24, 2.45) is 29.1 Å². The second-order valence-electron chi connectivity index (χ2n) is 7.47. The van der Waals surface area contributed by atoms with Crippen LogP contribution in [0.15, 0.2) is 0 Å². The zero-order valence-corrected chi connectivity index (χ0v) is 11.3. The van der Waals surface area contributed by atoms with Crippen LogP contribution in [0, 0.1) is 29.1 Å². The van der Waals surface area contributed by atoms with E-state index in [9.17, 15) is 0 Å². The van der Waals surface area contributed by atoms with E-state index in [1.165, 1.54) is 32.1 Å². The van der Waals surface area contributed by atoms with Crippen molar-refractivity contribution in [3.63, 3.8) is 0 Å². The van der Waals surface area contributed by atoms with E-state index in [0.717, 1.165) is 29.5 Å². The van der Waals surface area contributed by atoms with Gasteiger partial charge < -0.3 is 0 Å². The first-order chi connectivity index (χ1) is 7.62. The molecule has 3 fully saturated rings. The monoisotopic (exact) mass is 218 g/mol. The van der Waals surface area contributed by atoms with Crippen LogP contribution in [0.5, 0.6) is 0 Å². The van der Waals surface area contributed by atoms with Crippen molar-refractivity contribution in [2.45, 2.75) is 64.6 Å². The van der Waals surface area contributed by atoms with Crippen molar-refractivity contribution in [1.82, 2.24) is 0 Å². The molecular formula is C15H27B. The molecule has 5 atom stereocenters. The molecule has 5 unspecified atom stereocenters. The number of hydrogen-bond donors (Lipinski definition) is 0. The Bertz CT molecular complexity index is 271. The molecule has 0 aromatic rings. The molecule has 0 amide bonds.